The quantitative estimate of drug-likeness (QED) is 0.396. The molecule has 0 spiro atoms. The molecule has 0 fully saturated rings. The predicted octanol–water partition coefficient (Wildman–Crippen LogP) is 6.80. The van der Waals surface area contributed by atoms with Crippen LogP contribution >= 0.6 is 0 Å². The number of ether oxygens (including phenoxy) is 2. The minimum atomic E-state index is -3.97. The van der Waals surface area contributed by atoms with Crippen molar-refractivity contribution in [2.75, 3.05) is 0 Å². The van der Waals surface area contributed by atoms with Crippen LogP contribution in [0.2, 0.25) is 0 Å². The molecule has 0 saturated carbocycles. The summed E-state index contributed by atoms with van der Waals surface area (Å²) in [7, 11) is 0. The van der Waals surface area contributed by atoms with Gasteiger partial charge in [-0.15, -0.1) is 0 Å². The van der Waals surface area contributed by atoms with E-state index in [9.17, 15) is 26.3 Å². The highest BCUT2D eigenvalue weighted by Crippen LogP contribution is 2.36. The Balaban J connectivity index is 1.89. The molecule has 0 aliphatic heterocycles. The first-order valence-electron chi connectivity index (χ1n) is 8.74. The van der Waals surface area contributed by atoms with Crippen LogP contribution in [-0.2, 0) is 12.5 Å². The van der Waals surface area contributed by atoms with Crippen molar-refractivity contribution in [3.05, 3.63) is 71.3 Å². The van der Waals surface area contributed by atoms with E-state index in [0.29, 0.717) is 12.0 Å². The van der Waals surface area contributed by atoms with Crippen molar-refractivity contribution in [3.63, 3.8) is 0 Å². The second-order valence-corrected chi connectivity index (χ2v) is 6.32. The van der Waals surface area contributed by atoms with Gasteiger partial charge in [0.05, 0.1) is 5.56 Å². The molecule has 8 heteroatoms. The second-order valence-electron chi connectivity index (χ2n) is 6.32. The maximum Gasteiger partial charge on any atom is 0.429 e. The lowest BCUT2D eigenvalue weighted by Gasteiger charge is -2.19. The molecule has 0 radical (unpaired) electrons. The topological polar surface area (TPSA) is 18.5 Å². The molecule has 0 N–H and O–H groups in total. The molecule has 154 valence electrons. The number of rotatable bonds is 7. The van der Waals surface area contributed by atoms with Crippen LogP contribution in [0.4, 0.5) is 26.3 Å². The zero-order valence-corrected chi connectivity index (χ0v) is 15.2. The fourth-order valence-corrected chi connectivity index (χ4v) is 2.94. The number of aryl methyl sites for hydroxylation is 1. The first kappa shape index (κ1) is 20.8. The minimum absolute atomic E-state index is 0.117. The Hall–Kier alpha value is -2.90. The van der Waals surface area contributed by atoms with E-state index in [1.165, 1.54) is 12.1 Å². The van der Waals surface area contributed by atoms with Crippen molar-refractivity contribution < 1.29 is 35.8 Å². The number of alkyl halides is 4. The average Bonchev–Trinajstić information content (AvgIpc) is 2.63. The smallest absolute Gasteiger partial charge is 0.429 e. The Bertz CT molecular complexity index is 1020. The molecule has 0 saturated heterocycles. The molecule has 3 aromatic rings. The number of fused-ring (bicyclic) bond motifs is 1. The number of halogens is 6. The van der Waals surface area contributed by atoms with Crippen LogP contribution in [0.5, 0.6) is 11.5 Å². The third-order valence-corrected chi connectivity index (χ3v) is 4.24. The standard InChI is InChI=1S/C21H16F6O2/c1-2-3-12-4-8-16(17(22)10-12)21(26,27)29-14-6-7-15-13(11-14)5-9-18(19(15)23)28-20(24)25/h4-11,20H,2-3H2,1H3. The molecule has 0 unspecified atom stereocenters. The van der Waals surface area contributed by atoms with E-state index in [-0.39, 0.29) is 16.5 Å². The van der Waals surface area contributed by atoms with Crippen LogP contribution < -0.4 is 9.47 Å². The van der Waals surface area contributed by atoms with Crippen molar-refractivity contribution in [2.45, 2.75) is 32.5 Å². The Morgan fingerprint density at radius 2 is 1.72 bits per heavy atom. The number of benzene rings is 3. The van der Waals surface area contributed by atoms with E-state index in [2.05, 4.69) is 9.47 Å². The van der Waals surface area contributed by atoms with E-state index in [1.807, 2.05) is 6.92 Å². The zero-order chi connectivity index (χ0) is 21.2. The van der Waals surface area contributed by atoms with E-state index < -0.39 is 35.7 Å². The average molecular weight is 414 g/mol. The van der Waals surface area contributed by atoms with E-state index >= 15 is 0 Å². The van der Waals surface area contributed by atoms with Crippen LogP contribution in [-0.4, -0.2) is 6.61 Å². The van der Waals surface area contributed by atoms with Gasteiger partial charge in [-0.05, 0) is 53.8 Å². The molecule has 0 amide bonds. The maximum atomic E-state index is 14.5. The molecule has 29 heavy (non-hydrogen) atoms. The predicted molar refractivity (Wildman–Crippen MR) is 95.5 cm³/mol. The number of hydrogen-bond donors (Lipinski definition) is 0. The van der Waals surface area contributed by atoms with Gasteiger partial charge in [0.1, 0.15) is 11.6 Å². The summed E-state index contributed by atoms with van der Waals surface area (Å²) in [5.74, 6) is -3.16. The lowest BCUT2D eigenvalue weighted by Crippen LogP contribution is -2.23. The summed E-state index contributed by atoms with van der Waals surface area (Å²) in [4.78, 5) is 0. The second kappa shape index (κ2) is 8.23. The highest BCUT2D eigenvalue weighted by atomic mass is 19.3. The molecule has 0 aromatic heterocycles. The normalized spacial score (nSPS) is 11.9. The Morgan fingerprint density at radius 3 is 2.38 bits per heavy atom. The third-order valence-electron chi connectivity index (χ3n) is 4.24. The van der Waals surface area contributed by atoms with Crippen molar-refractivity contribution in [1.29, 1.82) is 0 Å². The van der Waals surface area contributed by atoms with Crippen LogP contribution in [0.1, 0.15) is 24.5 Å². The molecule has 3 aromatic carbocycles. The molecule has 0 heterocycles. The Kier molecular flexibility index (Phi) is 5.91. The number of hydrogen-bond acceptors (Lipinski definition) is 2. The molecule has 0 atom stereocenters. The van der Waals surface area contributed by atoms with Gasteiger partial charge in [0.15, 0.2) is 11.6 Å². The summed E-state index contributed by atoms with van der Waals surface area (Å²) in [5, 5.41) is 0.00472. The van der Waals surface area contributed by atoms with E-state index in [1.54, 1.807) is 0 Å². The van der Waals surface area contributed by atoms with Gasteiger partial charge >= 0.3 is 12.7 Å². The summed E-state index contributed by atoms with van der Waals surface area (Å²) < 4.78 is 90.6. The fraction of sp³-hybridized carbons (Fsp3) is 0.238. The summed E-state index contributed by atoms with van der Waals surface area (Å²) in [5.41, 5.74) is -0.336. The first-order chi connectivity index (χ1) is 13.7. The third kappa shape index (κ3) is 4.58. The van der Waals surface area contributed by atoms with E-state index in [4.69, 9.17) is 0 Å². The fourth-order valence-electron chi connectivity index (χ4n) is 2.94. The largest absolute Gasteiger partial charge is 0.432 e. The molecular weight excluding hydrogens is 398 g/mol. The lowest BCUT2D eigenvalue weighted by molar-refractivity contribution is -0.187. The Labute approximate surface area is 162 Å². The summed E-state index contributed by atoms with van der Waals surface area (Å²) in [6, 6.07) is 8.82. The zero-order valence-electron chi connectivity index (χ0n) is 15.2. The van der Waals surface area contributed by atoms with Gasteiger partial charge in [0.2, 0.25) is 0 Å². The molecule has 3 rings (SSSR count). The minimum Gasteiger partial charge on any atom is -0.432 e. The van der Waals surface area contributed by atoms with E-state index in [0.717, 1.165) is 42.8 Å². The monoisotopic (exact) mass is 414 g/mol. The molecular formula is C21H16F6O2. The van der Waals surface area contributed by atoms with Gasteiger partial charge in [-0.2, -0.15) is 17.6 Å². The van der Waals surface area contributed by atoms with Gasteiger partial charge in [0.25, 0.3) is 0 Å². The maximum absolute atomic E-state index is 14.5. The van der Waals surface area contributed by atoms with Crippen LogP contribution in [0.15, 0.2) is 48.5 Å². The molecule has 0 aliphatic carbocycles. The Morgan fingerprint density at radius 1 is 0.966 bits per heavy atom. The van der Waals surface area contributed by atoms with Crippen molar-refractivity contribution in [1.82, 2.24) is 0 Å². The highest BCUT2D eigenvalue weighted by molar-refractivity contribution is 5.86. The summed E-state index contributed by atoms with van der Waals surface area (Å²) in [6.07, 6.45) is -2.68. The lowest BCUT2D eigenvalue weighted by atomic mass is 10.1. The molecule has 0 aliphatic rings. The van der Waals surface area contributed by atoms with Crippen LogP contribution in [0.25, 0.3) is 10.8 Å². The first-order valence-corrected chi connectivity index (χ1v) is 8.74. The van der Waals surface area contributed by atoms with Gasteiger partial charge < -0.3 is 9.47 Å². The summed E-state index contributed by atoms with van der Waals surface area (Å²) in [6.45, 7) is -1.32. The van der Waals surface area contributed by atoms with Crippen LogP contribution in [0, 0.1) is 11.6 Å². The van der Waals surface area contributed by atoms with Crippen molar-refractivity contribution >= 4 is 10.8 Å². The van der Waals surface area contributed by atoms with Gasteiger partial charge in [0, 0.05) is 5.39 Å². The molecule has 2 nitrogen and oxygen atoms in total. The van der Waals surface area contributed by atoms with Crippen molar-refractivity contribution in [2.24, 2.45) is 0 Å². The highest BCUT2D eigenvalue weighted by Gasteiger charge is 2.37. The van der Waals surface area contributed by atoms with Crippen molar-refractivity contribution in [3.8, 4) is 11.5 Å². The van der Waals surface area contributed by atoms with Gasteiger partial charge in [-0.25, -0.2) is 8.78 Å². The van der Waals surface area contributed by atoms with Gasteiger partial charge in [-0.3, -0.25) is 0 Å². The SMILES string of the molecule is CCCc1ccc(C(F)(F)Oc2ccc3c(F)c(OC(F)F)ccc3c2)c(F)c1. The molecule has 0 bridgehead atoms. The van der Waals surface area contributed by atoms with Crippen LogP contribution in [0.3, 0.4) is 0 Å². The summed E-state index contributed by atoms with van der Waals surface area (Å²) >= 11 is 0. The van der Waals surface area contributed by atoms with Gasteiger partial charge in [-0.1, -0.05) is 25.5 Å².